The van der Waals surface area contributed by atoms with Gasteiger partial charge in [0.25, 0.3) is 0 Å². The van der Waals surface area contributed by atoms with Crippen LogP contribution in [0.5, 0.6) is 0 Å². The molecular weight excluding hydrogens is 240 g/mol. The van der Waals surface area contributed by atoms with Crippen molar-refractivity contribution in [1.82, 2.24) is 0 Å². The molecule has 1 aliphatic carbocycles. The zero-order valence-corrected chi connectivity index (χ0v) is 12.7. The van der Waals surface area contributed by atoms with Crippen LogP contribution in [0.3, 0.4) is 0 Å². The molecule has 0 aromatic heterocycles. The van der Waals surface area contributed by atoms with E-state index in [1.54, 1.807) is 11.1 Å². The molecular formula is C20H22. The number of benzene rings is 2. The van der Waals surface area contributed by atoms with Gasteiger partial charge in [0.2, 0.25) is 0 Å². The first-order valence-electron chi connectivity index (χ1n) is 7.59. The van der Waals surface area contributed by atoms with E-state index in [9.17, 15) is 0 Å². The van der Waals surface area contributed by atoms with Gasteiger partial charge in [0.1, 0.15) is 0 Å². The van der Waals surface area contributed by atoms with E-state index < -0.39 is 0 Å². The van der Waals surface area contributed by atoms with Crippen LogP contribution in [0.1, 0.15) is 47.6 Å². The summed E-state index contributed by atoms with van der Waals surface area (Å²) in [6, 6.07) is 15.6. The van der Waals surface area contributed by atoms with Crippen LogP contribution >= 0.6 is 0 Å². The molecule has 0 nitrogen and oxygen atoms in total. The van der Waals surface area contributed by atoms with Gasteiger partial charge in [0.05, 0.1) is 0 Å². The first-order valence-corrected chi connectivity index (χ1v) is 7.59. The Morgan fingerprint density at radius 2 is 1.65 bits per heavy atom. The van der Waals surface area contributed by atoms with Gasteiger partial charge in [0, 0.05) is 0 Å². The van der Waals surface area contributed by atoms with Gasteiger partial charge >= 0.3 is 0 Å². The summed E-state index contributed by atoms with van der Waals surface area (Å²) in [6.07, 6.45) is 3.48. The highest BCUT2D eigenvalue weighted by Gasteiger charge is 2.22. The van der Waals surface area contributed by atoms with Crippen LogP contribution in [-0.2, 0) is 6.42 Å². The molecule has 0 bridgehead atoms. The van der Waals surface area contributed by atoms with Crippen molar-refractivity contribution >= 4 is 11.1 Å². The Balaban J connectivity index is 2.17. The fraction of sp³-hybridized carbons (Fsp3) is 0.300. The lowest BCUT2D eigenvalue weighted by Crippen LogP contribution is -1.93. The molecule has 0 fully saturated rings. The van der Waals surface area contributed by atoms with Crippen LogP contribution < -0.4 is 0 Å². The second kappa shape index (κ2) is 5.28. The predicted octanol–water partition coefficient (Wildman–Crippen LogP) is 5.57. The van der Waals surface area contributed by atoms with Gasteiger partial charge in [-0.15, -0.1) is 0 Å². The molecule has 0 heteroatoms. The second-order valence-corrected chi connectivity index (χ2v) is 5.79. The molecule has 1 aliphatic rings. The Morgan fingerprint density at radius 1 is 0.900 bits per heavy atom. The second-order valence-electron chi connectivity index (χ2n) is 5.79. The van der Waals surface area contributed by atoms with E-state index in [-0.39, 0.29) is 0 Å². The quantitative estimate of drug-likeness (QED) is 0.678. The van der Waals surface area contributed by atoms with Crippen molar-refractivity contribution < 1.29 is 0 Å². The fourth-order valence-electron chi connectivity index (χ4n) is 3.30. The third-order valence-electron chi connectivity index (χ3n) is 4.50. The Kier molecular flexibility index (Phi) is 3.48. The Hall–Kier alpha value is -1.82. The molecule has 0 amide bonds. The van der Waals surface area contributed by atoms with Crippen molar-refractivity contribution in [3.8, 4) is 0 Å². The molecule has 0 saturated heterocycles. The van der Waals surface area contributed by atoms with Gasteiger partial charge in [-0.05, 0) is 65.7 Å². The summed E-state index contributed by atoms with van der Waals surface area (Å²) >= 11 is 0. The summed E-state index contributed by atoms with van der Waals surface area (Å²) in [5, 5.41) is 0. The van der Waals surface area contributed by atoms with E-state index in [0.717, 1.165) is 6.42 Å². The maximum Gasteiger partial charge on any atom is -0.00107 e. The third kappa shape index (κ3) is 2.10. The molecule has 2 aromatic carbocycles. The molecule has 0 unspecified atom stereocenters. The molecule has 20 heavy (non-hydrogen) atoms. The monoisotopic (exact) mass is 262 g/mol. The SMILES string of the molecule is CCCC1=C(c2cccc(C)c2C)Cc2ccccc21. The molecule has 0 spiro atoms. The zero-order chi connectivity index (χ0) is 14.1. The summed E-state index contributed by atoms with van der Waals surface area (Å²) in [6.45, 7) is 6.74. The third-order valence-corrected chi connectivity index (χ3v) is 4.50. The number of allylic oxidation sites excluding steroid dienone is 2. The molecule has 0 N–H and O–H groups in total. The van der Waals surface area contributed by atoms with Crippen molar-refractivity contribution in [2.24, 2.45) is 0 Å². The molecule has 102 valence electrons. The van der Waals surface area contributed by atoms with Gasteiger partial charge in [-0.25, -0.2) is 0 Å². The van der Waals surface area contributed by atoms with Gasteiger partial charge in [0.15, 0.2) is 0 Å². The van der Waals surface area contributed by atoms with Crippen molar-refractivity contribution in [3.63, 3.8) is 0 Å². The number of rotatable bonds is 3. The Labute approximate surface area is 122 Å². The first-order chi connectivity index (χ1) is 9.72. The predicted molar refractivity (Wildman–Crippen MR) is 87.8 cm³/mol. The van der Waals surface area contributed by atoms with Crippen molar-refractivity contribution in [2.45, 2.75) is 40.0 Å². The Bertz CT molecular complexity index is 674. The fourth-order valence-corrected chi connectivity index (χ4v) is 3.30. The average molecular weight is 262 g/mol. The van der Waals surface area contributed by atoms with Gasteiger partial charge in [-0.1, -0.05) is 55.8 Å². The number of fused-ring (bicyclic) bond motifs is 1. The summed E-state index contributed by atoms with van der Waals surface area (Å²) in [5.41, 5.74) is 10.4. The summed E-state index contributed by atoms with van der Waals surface area (Å²) in [4.78, 5) is 0. The minimum Gasteiger partial charge on any atom is -0.0651 e. The first kappa shape index (κ1) is 13.2. The highest BCUT2D eigenvalue weighted by molar-refractivity contribution is 5.97. The van der Waals surface area contributed by atoms with Crippen molar-refractivity contribution in [2.75, 3.05) is 0 Å². The van der Waals surface area contributed by atoms with Crippen molar-refractivity contribution in [1.29, 1.82) is 0 Å². The molecule has 2 aromatic rings. The molecule has 0 radical (unpaired) electrons. The van der Waals surface area contributed by atoms with Gasteiger partial charge < -0.3 is 0 Å². The summed E-state index contributed by atoms with van der Waals surface area (Å²) in [7, 11) is 0. The largest absolute Gasteiger partial charge is 0.0651 e. The minimum atomic E-state index is 1.09. The van der Waals surface area contributed by atoms with E-state index in [1.165, 1.54) is 40.7 Å². The molecule has 3 rings (SSSR count). The zero-order valence-electron chi connectivity index (χ0n) is 12.7. The van der Waals surface area contributed by atoms with E-state index in [4.69, 9.17) is 0 Å². The normalized spacial score (nSPS) is 13.8. The number of hydrogen-bond donors (Lipinski definition) is 0. The van der Waals surface area contributed by atoms with Crippen molar-refractivity contribution in [3.05, 3.63) is 70.3 Å². The van der Waals surface area contributed by atoms with E-state index in [2.05, 4.69) is 63.2 Å². The molecule has 0 saturated carbocycles. The summed E-state index contributed by atoms with van der Waals surface area (Å²) < 4.78 is 0. The number of hydrogen-bond acceptors (Lipinski definition) is 0. The maximum absolute atomic E-state index is 2.29. The molecule has 0 atom stereocenters. The van der Waals surface area contributed by atoms with Crippen LogP contribution in [0.25, 0.3) is 11.1 Å². The Morgan fingerprint density at radius 3 is 2.45 bits per heavy atom. The van der Waals surface area contributed by atoms with Gasteiger partial charge in [-0.2, -0.15) is 0 Å². The van der Waals surface area contributed by atoms with Gasteiger partial charge in [-0.3, -0.25) is 0 Å². The van der Waals surface area contributed by atoms with Crippen LogP contribution in [0, 0.1) is 13.8 Å². The van der Waals surface area contributed by atoms with Crippen LogP contribution in [0.4, 0.5) is 0 Å². The lowest BCUT2D eigenvalue weighted by molar-refractivity contribution is 0.976. The van der Waals surface area contributed by atoms with Crippen LogP contribution in [0.2, 0.25) is 0 Å². The smallest absolute Gasteiger partial charge is 0.00107 e. The molecule has 0 heterocycles. The lowest BCUT2D eigenvalue weighted by Gasteiger charge is -2.12. The summed E-state index contributed by atoms with van der Waals surface area (Å²) in [5.74, 6) is 0. The highest BCUT2D eigenvalue weighted by atomic mass is 14.3. The number of aryl methyl sites for hydroxylation is 1. The lowest BCUT2D eigenvalue weighted by atomic mass is 9.92. The molecule has 0 aliphatic heterocycles. The van der Waals surface area contributed by atoms with Crippen LogP contribution in [-0.4, -0.2) is 0 Å². The van der Waals surface area contributed by atoms with E-state index >= 15 is 0 Å². The van der Waals surface area contributed by atoms with E-state index in [1.807, 2.05) is 0 Å². The average Bonchev–Trinajstić information content (AvgIpc) is 2.81. The topological polar surface area (TPSA) is 0 Å². The van der Waals surface area contributed by atoms with E-state index in [0.29, 0.717) is 0 Å². The minimum absolute atomic E-state index is 1.09. The standard InChI is InChI=1S/C20H22/c1-4-8-19-18-11-6-5-10-16(18)13-20(19)17-12-7-9-14(2)15(17)3/h5-7,9-12H,4,8,13H2,1-3H3. The van der Waals surface area contributed by atoms with Crippen LogP contribution in [0.15, 0.2) is 42.5 Å². The highest BCUT2D eigenvalue weighted by Crippen LogP contribution is 2.41. The maximum atomic E-state index is 2.29.